The Morgan fingerprint density at radius 1 is 1.38 bits per heavy atom. The van der Waals surface area contributed by atoms with Gasteiger partial charge in [-0.25, -0.2) is 0 Å². The maximum absolute atomic E-state index is 6.19. The number of hydrogen-bond acceptors (Lipinski definition) is 2. The zero-order valence-electron chi connectivity index (χ0n) is 10.0. The molecule has 88 valence electrons. The van der Waals surface area contributed by atoms with Crippen LogP contribution in [0.15, 0.2) is 18.2 Å². The maximum atomic E-state index is 6.19. The van der Waals surface area contributed by atoms with E-state index in [2.05, 4.69) is 25.1 Å². The number of benzene rings is 1. The first-order chi connectivity index (χ1) is 7.81. The lowest BCUT2D eigenvalue weighted by atomic mass is 9.99. The summed E-state index contributed by atoms with van der Waals surface area (Å²) in [6, 6.07) is 6.59. The maximum Gasteiger partial charge on any atom is 0.122 e. The minimum Gasteiger partial charge on any atom is -0.493 e. The fourth-order valence-corrected chi connectivity index (χ4v) is 2.22. The van der Waals surface area contributed by atoms with Crippen LogP contribution >= 0.6 is 0 Å². The van der Waals surface area contributed by atoms with Gasteiger partial charge in [0.05, 0.1) is 6.61 Å². The quantitative estimate of drug-likeness (QED) is 0.772. The summed E-state index contributed by atoms with van der Waals surface area (Å²) in [5, 5.41) is 0. The van der Waals surface area contributed by atoms with Crippen molar-refractivity contribution in [3.05, 3.63) is 29.3 Å². The summed E-state index contributed by atoms with van der Waals surface area (Å²) in [7, 11) is 0. The van der Waals surface area contributed by atoms with Crippen LogP contribution in [-0.4, -0.2) is 6.61 Å². The van der Waals surface area contributed by atoms with Crippen molar-refractivity contribution >= 4 is 0 Å². The normalized spacial score (nSPS) is 15.6. The Hall–Kier alpha value is -1.02. The predicted molar refractivity (Wildman–Crippen MR) is 66.7 cm³/mol. The van der Waals surface area contributed by atoms with Gasteiger partial charge in [-0.15, -0.1) is 0 Å². The largest absolute Gasteiger partial charge is 0.493 e. The fraction of sp³-hybridized carbons (Fsp3) is 0.571. The van der Waals surface area contributed by atoms with Gasteiger partial charge < -0.3 is 10.5 Å². The average molecular weight is 219 g/mol. The number of nitrogens with two attached hydrogens (primary N) is 1. The molecule has 0 amide bonds. The second-order valence-electron chi connectivity index (χ2n) is 4.57. The zero-order valence-corrected chi connectivity index (χ0v) is 10.0. The van der Waals surface area contributed by atoms with Crippen LogP contribution in [0.5, 0.6) is 5.75 Å². The van der Waals surface area contributed by atoms with E-state index in [-0.39, 0.29) is 6.04 Å². The van der Waals surface area contributed by atoms with Crippen molar-refractivity contribution in [1.29, 1.82) is 0 Å². The molecule has 1 aromatic carbocycles. The molecule has 1 aromatic rings. The van der Waals surface area contributed by atoms with Crippen LogP contribution in [0.25, 0.3) is 0 Å². The molecule has 2 nitrogen and oxygen atoms in total. The Morgan fingerprint density at radius 3 is 3.06 bits per heavy atom. The SMILES string of the molecule is CCCCC[C@@H](N)c1ccc2c(c1)CCO2. The topological polar surface area (TPSA) is 35.2 Å². The lowest BCUT2D eigenvalue weighted by Gasteiger charge is -2.12. The second-order valence-corrected chi connectivity index (χ2v) is 4.57. The Balaban J connectivity index is 1.98. The van der Waals surface area contributed by atoms with Gasteiger partial charge in [0.2, 0.25) is 0 Å². The molecule has 0 saturated heterocycles. The highest BCUT2D eigenvalue weighted by atomic mass is 16.5. The third-order valence-corrected chi connectivity index (χ3v) is 3.26. The van der Waals surface area contributed by atoms with E-state index in [4.69, 9.17) is 10.5 Å². The monoisotopic (exact) mass is 219 g/mol. The fourth-order valence-electron chi connectivity index (χ4n) is 2.22. The molecule has 0 saturated carbocycles. The molecule has 0 bridgehead atoms. The lowest BCUT2D eigenvalue weighted by molar-refractivity contribution is 0.357. The van der Waals surface area contributed by atoms with Gasteiger partial charge in [-0.2, -0.15) is 0 Å². The number of unbranched alkanes of at least 4 members (excludes halogenated alkanes) is 2. The molecule has 2 heteroatoms. The summed E-state index contributed by atoms with van der Waals surface area (Å²) in [6.07, 6.45) is 5.89. The van der Waals surface area contributed by atoms with Crippen molar-refractivity contribution in [3.63, 3.8) is 0 Å². The van der Waals surface area contributed by atoms with Crippen molar-refractivity contribution < 1.29 is 4.74 Å². The summed E-state index contributed by atoms with van der Waals surface area (Å²) in [4.78, 5) is 0. The number of hydrogen-bond donors (Lipinski definition) is 1. The highest BCUT2D eigenvalue weighted by molar-refractivity contribution is 5.40. The Morgan fingerprint density at radius 2 is 2.25 bits per heavy atom. The Labute approximate surface area is 97.8 Å². The molecule has 1 aliphatic rings. The van der Waals surface area contributed by atoms with Crippen LogP contribution in [0.4, 0.5) is 0 Å². The molecule has 16 heavy (non-hydrogen) atoms. The number of ether oxygens (including phenoxy) is 1. The Kier molecular flexibility index (Phi) is 3.83. The minimum atomic E-state index is 0.192. The van der Waals surface area contributed by atoms with Gasteiger partial charge in [0.25, 0.3) is 0 Å². The van der Waals surface area contributed by atoms with Crippen LogP contribution in [0.3, 0.4) is 0 Å². The van der Waals surface area contributed by atoms with Crippen molar-refractivity contribution in [3.8, 4) is 5.75 Å². The smallest absolute Gasteiger partial charge is 0.122 e. The summed E-state index contributed by atoms with van der Waals surface area (Å²) in [5.74, 6) is 1.05. The first-order valence-corrected chi connectivity index (χ1v) is 6.32. The number of fused-ring (bicyclic) bond motifs is 1. The molecule has 0 aromatic heterocycles. The summed E-state index contributed by atoms with van der Waals surface area (Å²) in [6.45, 7) is 3.04. The van der Waals surface area contributed by atoms with Gasteiger partial charge in [0.1, 0.15) is 5.75 Å². The van der Waals surface area contributed by atoms with Gasteiger partial charge in [-0.1, -0.05) is 38.3 Å². The van der Waals surface area contributed by atoms with Gasteiger partial charge in [0, 0.05) is 12.5 Å². The van der Waals surface area contributed by atoms with Crippen molar-refractivity contribution in [2.24, 2.45) is 5.73 Å². The van der Waals surface area contributed by atoms with Gasteiger partial charge in [0.15, 0.2) is 0 Å². The third-order valence-electron chi connectivity index (χ3n) is 3.26. The molecule has 0 unspecified atom stereocenters. The van der Waals surface area contributed by atoms with E-state index in [0.29, 0.717) is 0 Å². The van der Waals surface area contributed by atoms with Crippen LogP contribution in [-0.2, 0) is 6.42 Å². The predicted octanol–water partition coefficient (Wildman–Crippen LogP) is 3.20. The highest BCUT2D eigenvalue weighted by Gasteiger charge is 2.14. The van der Waals surface area contributed by atoms with E-state index >= 15 is 0 Å². The first kappa shape index (κ1) is 11.5. The minimum absolute atomic E-state index is 0.192. The summed E-state index contributed by atoms with van der Waals surface area (Å²) >= 11 is 0. The van der Waals surface area contributed by atoms with Crippen LogP contribution in [0.1, 0.15) is 49.8 Å². The van der Waals surface area contributed by atoms with E-state index in [1.807, 2.05) is 0 Å². The molecular weight excluding hydrogens is 198 g/mol. The van der Waals surface area contributed by atoms with Gasteiger partial charge in [-0.05, 0) is 23.6 Å². The molecule has 2 N–H and O–H groups in total. The third kappa shape index (κ3) is 2.56. The zero-order chi connectivity index (χ0) is 11.4. The van der Waals surface area contributed by atoms with E-state index in [0.717, 1.165) is 25.2 Å². The second kappa shape index (κ2) is 5.35. The van der Waals surface area contributed by atoms with Gasteiger partial charge in [-0.3, -0.25) is 0 Å². The van der Waals surface area contributed by atoms with E-state index in [9.17, 15) is 0 Å². The van der Waals surface area contributed by atoms with E-state index < -0.39 is 0 Å². The molecule has 0 radical (unpaired) electrons. The molecule has 1 aliphatic heterocycles. The molecule has 0 spiro atoms. The molecule has 0 fully saturated rings. The molecule has 0 aliphatic carbocycles. The van der Waals surface area contributed by atoms with Gasteiger partial charge >= 0.3 is 0 Å². The Bertz CT molecular complexity index is 349. The average Bonchev–Trinajstić information content (AvgIpc) is 2.76. The van der Waals surface area contributed by atoms with Crippen molar-refractivity contribution in [2.45, 2.75) is 45.1 Å². The van der Waals surface area contributed by atoms with E-state index in [1.54, 1.807) is 0 Å². The molecule has 1 heterocycles. The van der Waals surface area contributed by atoms with Crippen LogP contribution < -0.4 is 10.5 Å². The lowest BCUT2D eigenvalue weighted by Crippen LogP contribution is -2.10. The molecular formula is C14H21NO. The standard InChI is InChI=1S/C14H21NO/c1-2-3-4-5-13(15)11-6-7-14-12(10-11)8-9-16-14/h6-7,10,13H,2-5,8-9,15H2,1H3/t13-/m1/s1. The van der Waals surface area contributed by atoms with Crippen molar-refractivity contribution in [1.82, 2.24) is 0 Å². The van der Waals surface area contributed by atoms with Crippen LogP contribution in [0, 0.1) is 0 Å². The molecule has 2 rings (SSSR count). The van der Waals surface area contributed by atoms with Crippen LogP contribution in [0.2, 0.25) is 0 Å². The number of rotatable bonds is 5. The first-order valence-electron chi connectivity index (χ1n) is 6.32. The van der Waals surface area contributed by atoms with E-state index in [1.165, 1.54) is 30.4 Å². The highest BCUT2D eigenvalue weighted by Crippen LogP contribution is 2.28. The summed E-state index contributed by atoms with van der Waals surface area (Å²) < 4.78 is 5.49. The summed E-state index contributed by atoms with van der Waals surface area (Å²) in [5.41, 5.74) is 8.78. The molecule has 1 atom stereocenters. The van der Waals surface area contributed by atoms with Crippen molar-refractivity contribution in [2.75, 3.05) is 6.61 Å².